The van der Waals surface area contributed by atoms with E-state index in [1.807, 2.05) is 13.0 Å². The van der Waals surface area contributed by atoms with E-state index in [9.17, 15) is 55.5 Å². The van der Waals surface area contributed by atoms with Gasteiger partial charge in [0.1, 0.15) is 5.75 Å². The number of rotatable bonds is 15. The number of allylic oxidation sites excluding steroid dienone is 1. The van der Waals surface area contributed by atoms with Crippen LogP contribution in [0.5, 0.6) is 46.0 Å². The Kier molecular flexibility index (Phi) is 13.0. The van der Waals surface area contributed by atoms with Crippen LogP contribution in [-0.4, -0.2) is 77.1 Å². The van der Waals surface area contributed by atoms with Crippen molar-refractivity contribution >= 4 is 29.7 Å². The predicted molar refractivity (Wildman–Crippen MR) is 210 cm³/mol. The molecule has 0 fully saturated rings. The summed E-state index contributed by atoms with van der Waals surface area (Å²) in [5.74, 6) is -7.27. The van der Waals surface area contributed by atoms with Crippen LogP contribution in [0, 0.1) is 0 Å². The Morgan fingerprint density at radius 2 is 1.41 bits per heavy atom. The van der Waals surface area contributed by atoms with Gasteiger partial charge in [0, 0.05) is 29.7 Å². The molecule has 1 aliphatic carbocycles. The molecule has 0 saturated carbocycles. The summed E-state index contributed by atoms with van der Waals surface area (Å²) in [4.78, 5) is 26.3. The number of benzene rings is 4. The minimum absolute atomic E-state index is 0.0428. The van der Waals surface area contributed by atoms with Gasteiger partial charge in [0.15, 0.2) is 40.2 Å². The van der Waals surface area contributed by atoms with Gasteiger partial charge < -0.3 is 56.0 Å². The highest BCUT2D eigenvalue weighted by Crippen LogP contribution is 2.46. The van der Waals surface area contributed by atoms with E-state index in [1.165, 1.54) is 18.2 Å². The molecule has 5 rings (SSSR count). The van der Waals surface area contributed by atoms with E-state index in [2.05, 4.69) is 5.32 Å². The standard InChI is InChI=1S/C43H47NO12/c1-3-5-6-9-23(20-38(51)56-42(43(54)55)31(22-44-4-2)26-18-36(49)41(53)37(50)19-26)30-21-34(47)33(46)16-24(30)14-15-25-17-35(48)40(52)29-12-7-10-27-28(39(25)29)11-8-13-32(27)45/h8,11,13-21,31,42,44-50,52-53H,3-7,9-10,12,22H2,1-2H3,(H,54,55)/b15-14+,23-20+/t31-,42-/m1/s1. The second-order valence-corrected chi connectivity index (χ2v) is 13.7. The first-order valence-electron chi connectivity index (χ1n) is 18.5. The van der Waals surface area contributed by atoms with Gasteiger partial charge in [0.05, 0.1) is 0 Å². The maximum absolute atomic E-state index is 13.7. The summed E-state index contributed by atoms with van der Waals surface area (Å²) < 4.78 is 5.58. The number of carbonyl (C=O) groups is 2. The molecule has 2 atom stereocenters. The number of hydrogen-bond acceptors (Lipinski definition) is 12. The number of aliphatic carboxylic acids is 1. The third-order valence-corrected chi connectivity index (χ3v) is 9.95. The van der Waals surface area contributed by atoms with E-state index in [0.29, 0.717) is 76.7 Å². The van der Waals surface area contributed by atoms with Crippen LogP contribution < -0.4 is 5.32 Å². The number of nitrogens with one attached hydrogen (secondary N) is 1. The van der Waals surface area contributed by atoms with Crippen LogP contribution in [0.2, 0.25) is 0 Å². The maximum Gasteiger partial charge on any atom is 0.345 e. The third-order valence-electron chi connectivity index (χ3n) is 9.95. The van der Waals surface area contributed by atoms with E-state index in [-0.39, 0.29) is 35.8 Å². The molecule has 0 spiro atoms. The minimum Gasteiger partial charge on any atom is -0.508 e. The second-order valence-electron chi connectivity index (χ2n) is 13.7. The molecule has 0 saturated heterocycles. The zero-order valence-electron chi connectivity index (χ0n) is 31.1. The average Bonchev–Trinajstić information content (AvgIpc) is 3.36. The van der Waals surface area contributed by atoms with Crippen molar-refractivity contribution in [3.05, 3.63) is 88.0 Å². The highest BCUT2D eigenvalue weighted by molar-refractivity contribution is 5.96. The van der Waals surface area contributed by atoms with Gasteiger partial charge in [-0.25, -0.2) is 9.59 Å². The summed E-state index contributed by atoms with van der Waals surface area (Å²) in [6.45, 7) is 4.14. The molecule has 0 amide bonds. The lowest BCUT2D eigenvalue weighted by Gasteiger charge is -2.25. The molecule has 10 N–H and O–H groups in total. The zero-order valence-corrected chi connectivity index (χ0v) is 31.1. The summed E-state index contributed by atoms with van der Waals surface area (Å²) >= 11 is 0. The normalized spacial score (nSPS) is 13.8. The first kappa shape index (κ1) is 40.8. The molecule has 0 unspecified atom stereocenters. The van der Waals surface area contributed by atoms with E-state index >= 15 is 0 Å². The molecule has 56 heavy (non-hydrogen) atoms. The number of phenols is 8. The molecule has 4 aromatic rings. The van der Waals surface area contributed by atoms with Crippen molar-refractivity contribution in [1.82, 2.24) is 5.32 Å². The molecule has 296 valence electrons. The lowest BCUT2D eigenvalue weighted by atomic mass is 9.89. The topological polar surface area (TPSA) is 237 Å². The van der Waals surface area contributed by atoms with E-state index in [1.54, 1.807) is 31.2 Å². The summed E-state index contributed by atoms with van der Waals surface area (Å²) in [5.41, 5.74) is 4.07. The van der Waals surface area contributed by atoms with Gasteiger partial charge >= 0.3 is 11.9 Å². The van der Waals surface area contributed by atoms with E-state index < -0.39 is 52.7 Å². The zero-order chi connectivity index (χ0) is 40.7. The molecule has 4 aromatic carbocycles. The fourth-order valence-corrected chi connectivity index (χ4v) is 7.13. The first-order valence-corrected chi connectivity index (χ1v) is 18.5. The summed E-state index contributed by atoms with van der Waals surface area (Å²) in [7, 11) is 0. The Balaban J connectivity index is 1.59. The van der Waals surface area contributed by atoms with Crippen LogP contribution in [-0.2, 0) is 27.2 Å². The van der Waals surface area contributed by atoms with Crippen LogP contribution in [0.15, 0.2) is 54.6 Å². The highest BCUT2D eigenvalue weighted by Gasteiger charge is 2.34. The number of carboxylic acids is 1. The lowest BCUT2D eigenvalue weighted by molar-refractivity contribution is -0.162. The third kappa shape index (κ3) is 8.95. The largest absolute Gasteiger partial charge is 0.508 e. The summed E-state index contributed by atoms with van der Waals surface area (Å²) in [5, 5.41) is 97.1. The number of carbonyl (C=O) groups excluding carboxylic acids is 1. The lowest BCUT2D eigenvalue weighted by Crippen LogP contribution is -2.38. The number of unbranched alkanes of at least 4 members (excludes halogenated alkanes) is 2. The van der Waals surface area contributed by atoms with E-state index in [4.69, 9.17) is 4.74 Å². The van der Waals surface area contributed by atoms with Gasteiger partial charge in [-0.1, -0.05) is 51.0 Å². The van der Waals surface area contributed by atoms with Gasteiger partial charge in [0.2, 0.25) is 6.10 Å². The van der Waals surface area contributed by atoms with Crippen molar-refractivity contribution in [2.75, 3.05) is 13.1 Å². The van der Waals surface area contributed by atoms with Gasteiger partial charge in [-0.2, -0.15) is 0 Å². The number of esters is 1. The summed E-state index contributed by atoms with van der Waals surface area (Å²) in [6, 6.07) is 11.2. The maximum atomic E-state index is 13.7. The van der Waals surface area contributed by atoms with Crippen molar-refractivity contribution in [2.45, 2.75) is 70.8 Å². The molecular formula is C43H47NO12. The smallest absolute Gasteiger partial charge is 0.345 e. The molecule has 0 aromatic heterocycles. The molecule has 0 heterocycles. The molecule has 0 bridgehead atoms. The van der Waals surface area contributed by atoms with Crippen LogP contribution in [0.4, 0.5) is 0 Å². The molecule has 0 radical (unpaired) electrons. The van der Waals surface area contributed by atoms with Gasteiger partial charge in [-0.15, -0.1) is 0 Å². The Bertz CT molecular complexity index is 2150. The fraction of sp³-hybridized carbons (Fsp3) is 0.302. The minimum atomic E-state index is -1.81. The second kappa shape index (κ2) is 17.9. The van der Waals surface area contributed by atoms with Gasteiger partial charge in [-0.05, 0) is 114 Å². The van der Waals surface area contributed by atoms with Crippen LogP contribution >= 0.6 is 0 Å². The predicted octanol–water partition coefficient (Wildman–Crippen LogP) is 7.01. The first-order chi connectivity index (χ1) is 26.7. The van der Waals surface area contributed by atoms with Crippen LogP contribution in [0.25, 0.3) is 28.9 Å². The van der Waals surface area contributed by atoms with Gasteiger partial charge in [-0.3, -0.25) is 0 Å². The number of fused-ring (bicyclic) bond motifs is 3. The SMILES string of the molecule is CCCCC/C(=C\C(=O)O[C@@H](C(=O)O)[C@H](CNCC)c1cc(O)c(O)c(O)c1)c1cc(O)c(O)cc1/C=C/c1cc(O)c(O)c2c1-c1cccc(O)c1CCC2. The fourth-order valence-electron chi connectivity index (χ4n) is 7.13. The van der Waals surface area contributed by atoms with Crippen molar-refractivity contribution in [3.63, 3.8) is 0 Å². The Labute approximate surface area is 323 Å². The molecule has 13 nitrogen and oxygen atoms in total. The molecule has 0 aliphatic heterocycles. The number of carboxylic acid groups (broad SMARTS) is 1. The van der Waals surface area contributed by atoms with Crippen LogP contribution in [0.1, 0.15) is 85.3 Å². The number of ether oxygens (including phenoxy) is 1. The van der Waals surface area contributed by atoms with Crippen molar-refractivity contribution in [2.24, 2.45) is 0 Å². The highest BCUT2D eigenvalue weighted by atomic mass is 16.6. The van der Waals surface area contributed by atoms with Crippen LogP contribution in [0.3, 0.4) is 0 Å². The number of likely N-dealkylation sites (N-methyl/N-ethyl adjacent to an activating group) is 1. The van der Waals surface area contributed by atoms with Gasteiger partial charge in [0.25, 0.3) is 0 Å². The Hall–Kier alpha value is -6.34. The Morgan fingerprint density at radius 3 is 2.09 bits per heavy atom. The van der Waals surface area contributed by atoms with E-state index in [0.717, 1.165) is 31.1 Å². The van der Waals surface area contributed by atoms with Crippen molar-refractivity contribution < 1.29 is 60.3 Å². The van der Waals surface area contributed by atoms with Crippen molar-refractivity contribution in [1.29, 1.82) is 0 Å². The monoisotopic (exact) mass is 769 g/mol. The Morgan fingerprint density at radius 1 is 0.768 bits per heavy atom. The van der Waals surface area contributed by atoms with Crippen molar-refractivity contribution in [3.8, 4) is 57.1 Å². The number of phenolic OH excluding ortho intramolecular Hbond substituents is 8. The molecule has 13 heteroatoms. The number of hydrogen-bond donors (Lipinski definition) is 10. The number of aromatic hydroxyl groups is 8. The average molecular weight is 770 g/mol. The quantitative estimate of drug-likeness (QED) is 0.0193. The molecular weight excluding hydrogens is 722 g/mol. The summed E-state index contributed by atoms with van der Waals surface area (Å²) in [6.07, 6.45) is 6.63. The molecule has 1 aliphatic rings.